The molecule has 0 aromatic heterocycles. The van der Waals surface area contributed by atoms with Crippen LogP contribution in [0, 0.1) is 5.92 Å². The molecule has 1 nitrogen and oxygen atoms in total. The number of rotatable bonds is 8. The zero-order chi connectivity index (χ0) is 14.3. The van der Waals surface area contributed by atoms with Gasteiger partial charge in [0.15, 0.2) is 0 Å². The number of hydrogen-bond donors (Lipinski definition) is 1. The van der Waals surface area contributed by atoms with Crippen LogP contribution in [-0.4, -0.2) is 5.11 Å². The monoisotopic (exact) mass is 262 g/mol. The van der Waals surface area contributed by atoms with E-state index in [2.05, 4.69) is 33.8 Å². The fraction of sp³-hybridized carbons (Fsp3) is 0.667. The van der Waals surface area contributed by atoms with Gasteiger partial charge in [0.2, 0.25) is 0 Å². The van der Waals surface area contributed by atoms with Crippen LogP contribution < -0.4 is 0 Å². The summed E-state index contributed by atoms with van der Waals surface area (Å²) in [5.41, 5.74) is 2.45. The van der Waals surface area contributed by atoms with Crippen molar-refractivity contribution in [2.75, 3.05) is 0 Å². The average Bonchev–Trinajstić information content (AvgIpc) is 2.34. The number of aryl methyl sites for hydroxylation is 1. The Hall–Kier alpha value is -0.980. The molecule has 19 heavy (non-hydrogen) atoms. The van der Waals surface area contributed by atoms with Gasteiger partial charge in [0, 0.05) is 0 Å². The number of unbranched alkanes of at least 4 members (excludes halogenated alkanes) is 3. The molecular formula is C18H30O. The lowest BCUT2D eigenvalue weighted by atomic mass is 9.97. The summed E-state index contributed by atoms with van der Waals surface area (Å²) >= 11 is 0. The molecule has 0 bridgehead atoms. The molecule has 0 aliphatic carbocycles. The molecule has 108 valence electrons. The van der Waals surface area contributed by atoms with E-state index < -0.39 is 0 Å². The van der Waals surface area contributed by atoms with Crippen molar-refractivity contribution in [3.8, 4) is 5.75 Å². The van der Waals surface area contributed by atoms with Gasteiger partial charge in [-0.15, -0.1) is 0 Å². The van der Waals surface area contributed by atoms with E-state index in [1.54, 1.807) is 0 Å². The highest BCUT2D eigenvalue weighted by atomic mass is 16.3. The van der Waals surface area contributed by atoms with E-state index in [1.165, 1.54) is 37.7 Å². The van der Waals surface area contributed by atoms with Crippen LogP contribution in [0.15, 0.2) is 18.2 Å². The molecule has 1 rings (SSSR count). The number of aromatic hydroxyl groups is 1. The third-order valence-electron chi connectivity index (χ3n) is 3.75. The zero-order valence-corrected chi connectivity index (χ0v) is 13.1. The van der Waals surface area contributed by atoms with E-state index in [0.29, 0.717) is 11.7 Å². The average molecular weight is 262 g/mol. The lowest BCUT2D eigenvalue weighted by Crippen LogP contribution is -1.93. The minimum Gasteiger partial charge on any atom is -0.508 e. The molecule has 0 atom stereocenters. The van der Waals surface area contributed by atoms with Gasteiger partial charge in [-0.05, 0) is 41.9 Å². The molecule has 0 radical (unpaired) electrons. The molecule has 1 N–H and O–H groups in total. The van der Waals surface area contributed by atoms with E-state index in [9.17, 15) is 5.11 Å². The van der Waals surface area contributed by atoms with Crippen LogP contribution in [0.2, 0.25) is 0 Å². The highest BCUT2D eigenvalue weighted by Gasteiger charge is 2.05. The second kappa shape index (κ2) is 8.24. The molecule has 1 aromatic carbocycles. The Morgan fingerprint density at radius 1 is 0.947 bits per heavy atom. The predicted octanol–water partition coefficient (Wildman–Crippen LogP) is 5.66. The second-order valence-electron chi connectivity index (χ2n) is 6.39. The lowest BCUT2D eigenvalue weighted by molar-refractivity contribution is 0.464. The second-order valence-corrected chi connectivity index (χ2v) is 6.39. The van der Waals surface area contributed by atoms with E-state index >= 15 is 0 Å². The van der Waals surface area contributed by atoms with Gasteiger partial charge < -0.3 is 5.11 Å². The van der Waals surface area contributed by atoms with Crippen molar-refractivity contribution in [2.24, 2.45) is 5.92 Å². The van der Waals surface area contributed by atoms with Crippen molar-refractivity contribution in [3.05, 3.63) is 29.3 Å². The van der Waals surface area contributed by atoms with Gasteiger partial charge in [-0.2, -0.15) is 0 Å². The van der Waals surface area contributed by atoms with Crippen LogP contribution in [0.5, 0.6) is 5.75 Å². The van der Waals surface area contributed by atoms with Gasteiger partial charge >= 0.3 is 0 Å². The van der Waals surface area contributed by atoms with E-state index in [4.69, 9.17) is 0 Å². The summed E-state index contributed by atoms with van der Waals surface area (Å²) in [6.45, 7) is 8.97. The fourth-order valence-corrected chi connectivity index (χ4v) is 2.39. The molecule has 0 unspecified atom stereocenters. The maximum Gasteiger partial charge on any atom is 0.118 e. The number of phenolic OH excluding ortho intramolecular Hbond substituents is 1. The summed E-state index contributed by atoms with van der Waals surface area (Å²) in [4.78, 5) is 0. The number of benzene rings is 1. The standard InChI is InChI=1S/C18H30O/c1-14(2)9-7-5-6-8-10-17-13-16(15(3)4)11-12-18(17)19/h11-15,19H,5-10H2,1-4H3. The molecule has 0 fully saturated rings. The summed E-state index contributed by atoms with van der Waals surface area (Å²) < 4.78 is 0. The summed E-state index contributed by atoms with van der Waals surface area (Å²) in [6, 6.07) is 6.06. The van der Waals surface area contributed by atoms with Crippen molar-refractivity contribution in [2.45, 2.75) is 72.1 Å². The Balaban J connectivity index is 2.34. The third-order valence-corrected chi connectivity index (χ3v) is 3.75. The normalized spacial score (nSPS) is 11.5. The van der Waals surface area contributed by atoms with Gasteiger partial charge in [0.1, 0.15) is 5.75 Å². The minimum atomic E-state index is 0.464. The molecule has 1 heteroatoms. The van der Waals surface area contributed by atoms with Crippen molar-refractivity contribution < 1.29 is 5.11 Å². The maximum atomic E-state index is 9.89. The quantitative estimate of drug-likeness (QED) is 0.599. The molecule has 0 aliphatic heterocycles. The summed E-state index contributed by atoms with van der Waals surface area (Å²) in [7, 11) is 0. The van der Waals surface area contributed by atoms with Gasteiger partial charge in [-0.1, -0.05) is 65.5 Å². The molecule has 1 aromatic rings. The van der Waals surface area contributed by atoms with Crippen molar-refractivity contribution in [3.63, 3.8) is 0 Å². The van der Waals surface area contributed by atoms with Crippen LogP contribution in [0.4, 0.5) is 0 Å². The Morgan fingerprint density at radius 2 is 1.63 bits per heavy atom. The van der Waals surface area contributed by atoms with Crippen LogP contribution in [0.3, 0.4) is 0 Å². The maximum absolute atomic E-state index is 9.89. The third kappa shape index (κ3) is 6.13. The topological polar surface area (TPSA) is 20.2 Å². The molecule has 0 saturated carbocycles. The van der Waals surface area contributed by atoms with Gasteiger partial charge in [-0.3, -0.25) is 0 Å². The zero-order valence-electron chi connectivity index (χ0n) is 13.1. The Labute approximate surface area is 119 Å². The first-order chi connectivity index (χ1) is 9.00. The van der Waals surface area contributed by atoms with Gasteiger partial charge in [0.25, 0.3) is 0 Å². The first-order valence-electron chi connectivity index (χ1n) is 7.82. The first-order valence-corrected chi connectivity index (χ1v) is 7.82. The Kier molecular flexibility index (Phi) is 6.97. The molecule has 0 heterocycles. The van der Waals surface area contributed by atoms with Crippen LogP contribution in [-0.2, 0) is 6.42 Å². The van der Waals surface area contributed by atoms with Crippen LogP contribution in [0.1, 0.15) is 76.8 Å². The molecular weight excluding hydrogens is 232 g/mol. The number of hydrogen-bond acceptors (Lipinski definition) is 1. The largest absolute Gasteiger partial charge is 0.508 e. The summed E-state index contributed by atoms with van der Waals surface area (Å²) in [5, 5.41) is 9.89. The molecule has 0 amide bonds. The Morgan fingerprint density at radius 3 is 2.26 bits per heavy atom. The van der Waals surface area contributed by atoms with Crippen molar-refractivity contribution >= 4 is 0 Å². The van der Waals surface area contributed by atoms with Crippen molar-refractivity contribution in [1.29, 1.82) is 0 Å². The summed E-state index contributed by atoms with van der Waals surface area (Å²) in [5.74, 6) is 1.82. The Bertz CT molecular complexity index is 366. The van der Waals surface area contributed by atoms with E-state index in [1.807, 2.05) is 12.1 Å². The van der Waals surface area contributed by atoms with Gasteiger partial charge in [-0.25, -0.2) is 0 Å². The minimum absolute atomic E-state index is 0.464. The molecule has 0 aliphatic rings. The van der Waals surface area contributed by atoms with Crippen LogP contribution in [0.25, 0.3) is 0 Å². The van der Waals surface area contributed by atoms with Crippen LogP contribution >= 0.6 is 0 Å². The van der Waals surface area contributed by atoms with Gasteiger partial charge in [0.05, 0.1) is 0 Å². The summed E-state index contributed by atoms with van der Waals surface area (Å²) in [6.07, 6.45) is 7.48. The SMILES string of the molecule is CC(C)CCCCCCc1cc(C(C)C)ccc1O. The predicted molar refractivity (Wildman–Crippen MR) is 83.8 cm³/mol. The van der Waals surface area contributed by atoms with Crippen molar-refractivity contribution in [1.82, 2.24) is 0 Å². The molecule has 0 saturated heterocycles. The number of phenols is 1. The first kappa shape index (κ1) is 16.1. The smallest absolute Gasteiger partial charge is 0.118 e. The fourth-order valence-electron chi connectivity index (χ4n) is 2.39. The molecule has 0 spiro atoms. The highest BCUT2D eigenvalue weighted by molar-refractivity contribution is 5.37. The van der Waals surface area contributed by atoms with E-state index in [-0.39, 0.29) is 0 Å². The van der Waals surface area contributed by atoms with E-state index in [0.717, 1.165) is 17.9 Å². The lowest BCUT2D eigenvalue weighted by Gasteiger charge is -2.10. The highest BCUT2D eigenvalue weighted by Crippen LogP contribution is 2.25.